The van der Waals surface area contributed by atoms with Gasteiger partial charge in [0.05, 0.1) is 6.26 Å². The third-order valence-corrected chi connectivity index (χ3v) is 2.69. The SMILES string of the molecule is CS(=O)(=O)NC1CCC(=O)CC1. The molecule has 0 aromatic heterocycles. The fraction of sp³-hybridized carbons (Fsp3) is 0.857. The van der Waals surface area contributed by atoms with Crippen molar-refractivity contribution in [3.63, 3.8) is 0 Å². The number of Topliss-reactive ketones (excluding diaryl/α,β-unsaturated/α-hetero) is 1. The lowest BCUT2D eigenvalue weighted by Crippen LogP contribution is -2.36. The van der Waals surface area contributed by atoms with Crippen LogP contribution in [0.5, 0.6) is 0 Å². The molecule has 0 unspecified atom stereocenters. The monoisotopic (exact) mass is 191 g/mol. The minimum Gasteiger partial charge on any atom is -0.300 e. The Labute approximate surface area is 72.4 Å². The van der Waals surface area contributed by atoms with Gasteiger partial charge in [0.15, 0.2) is 0 Å². The van der Waals surface area contributed by atoms with Crippen molar-refractivity contribution in [2.45, 2.75) is 31.7 Å². The normalized spacial score (nSPS) is 21.2. The topological polar surface area (TPSA) is 63.2 Å². The van der Waals surface area contributed by atoms with Crippen molar-refractivity contribution < 1.29 is 13.2 Å². The molecule has 0 amide bonds. The number of sulfonamides is 1. The standard InChI is InChI=1S/C7H13NO3S/c1-12(10,11)8-6-2-4-7(9)5-3-6/h6,8H,2-5H2,1H3. The molecular weight excluding hydrogens is 178 g/mol. The molecule has 0 radical (unpaired) electrons. The Balaban J connectivity index is 2.41. The average molecular weight is 191 g/mol. The van der Waals surface area contributed by atoms with Gasteiger partial charge in [-0.05, 0) is 12.8 Å². The molecule has 4 nitrogen and oxygen atoms in total. The van der Waals surface area contributed by atoms with Crippen molar-refractivity contribution in [2.75, 3.05) is 6.26 Å². The summed E-state index contributed by atoms with van der Waals surface area (Å²) in [5.41, 5.74) is 0. The van der Waals surface area contributed by atoms with E-state index in [1.165, 1.54) is 0 Å². The van der Waals surface area contributed by atoms with Gasteiger partial charge < -0.3 is 0 Å². The van der Waals surface area contributed by atoms with Crippen LogP contribution in [0.3, 0.4) is 0 Å². The molecule has 12 heavy (non-hydrogen) atoms. The lowest BCUT2D eigenvalue weighted by molar-refractivity contribution is -0.120. The Hall–Kier alpha value is -0.420. The van der Waals surface area contributed by atoms with Crippen LogP contribution in [-0.4, -0.2) is 26.5 Å². The minimum atomic E-state index is -3.10. The van der Waals surface area contributed by atoms with E-state index in [1.54, 1.807) is 0 Å². The molecule has 1 aliphatic rings. The Kier molecular flexibility index (Phi) is 2.85. The molecular formula is C7H13NO3S. The van der Waals surface area contributed by atoms with Crippen molar-refractivity contribution in [3.05, 3.63) is 0 Å². The number of carbonyl (C=O) groups is 1. The molecule has 1 fully saturated rings. The van der Waals surface area contributed by atoms with E-state index in [1.807, 2.05) is 0 Å². The van der Waals surface area contributed by atoms with Crippen molar-refractivity contribution in [3.8, 4) is 0 Å². The fourth-order valence-corrected chi connectivity index (χ4v) is 2.20. The first-order valence-corrected chi connectivity index (χ1v) is 5.85. The van der Waals surface area contributed by atoms with Crippen LogP contribution in [0.15, 0.2) is 0 Å². The number of carbonyl (C=O) groups excluding carboxylic acids is 1. The molecule has 0 aliphatic heterocycles. The van der Waals surface area contributed by atoms with Crippen LogP contribution in [0.1, 0.15) is 25.7 Å². The smallest absolute Gasteiger partial charge is 0.208 e. The molecule has 70 valence electrons. The molecule has 0 bridgehead atoms. The summed E-state index contributed by atoms with van der Waals surface area (Å²) in [5.74, 6) is 0.238. The zero-order chi connectivity index (χ0) is 9.19. The summed E-state index contributed by atoms with van der Waals surface area (Å²) < 4.78 is 24.1. The van der Waals surface area contributed by atoms with Crippen LogP contribution in [0.2, 0.25) is 0 Å². The van der Waals surface area contributed by atoms with Gasteiger partial charge in [-0.3, -0.25) is 4.79 Å². The summed E-state index contributed by atoms with van der Waals surface area (Å²) in [7, 11) is -3.10. The first-order chi connectivity index (χ1) is 5.47. The maximum absolute atomic E-state index is 10.8. The molecule has 1 rings (SSSR count). The van der Waals surface area contributed by atoms with Crippen molar-refractivity contribution in [2.24, 2.45) is 0 Å². The molecule has 0 atom stereocenters. The van der Waals surface area contributed by atoms with Crippen LogP contribution in [0, 0.1) is 0 Å². The Bertz CT molecular complexity index is 260. The summed E-state index contributed by atoms with van der Waals surface area (Å²) in [6.45, 7) is 0. The van der Waals surface area contributed by atoms with Crippen molar-refractivity contribution in [1.82, 2.24) is 4.72 Å². The molecule has 1 N–H and O–H groups in total. The van der Waals surface area contributed by atoms with E-state index in [4.69, 9.17) is 0 Å². The molecule has 5 heteroatoms. The van der Waals surface area contributed by atoms with Gasteiger partial charge in [0, 0.05) is 18.9 Å². The van der Waals surface area contributed by atoms with E-state index in [0.717, 1.165) is 6.26 Å². The van der Waals surface area contributed by atoms with E-state index >= 15 is 0 Å². The lowest BCUT2D eigenvalue weighted by atomic mass is 9.95. The molecule has 1 aliphatic carbocycles. The van der Waals surface area contributed by atoms with E-state index in [9.17, 15) is 13.2 Å². The van der Waals surface area contributed by atoms with Gasteiger partial charge in [0.2, 0.25) is 10.0 Å². The summed E-state index contributed by atoms with van der Waals surface area (Å²) in [5, 5.41) is 0. The van der Waals surface area contributed by atoms with Crippen LogP contribution >= 0.6 is 0 Å². The molecule has 0 aromatic rings. The highest BCUT2D eigenvalue weighted by Gasteiger charge is 2.20. The summed E-state index contributed by atoms with van der Waals surface area (Å²) in [6.07, 6.45) is 3.45. The number of hydrogen-bond acceptors (Lipinski definition) is 3. The summed E-state index contributed by atoms with van der Waals surface area (Å²) in [4.78, 5) is 10.8. The molecule has 0 aromatic carbocycles. The summed E-state index contributed by atoms with van der Waals surface area (Å²) in [6, 6.07) is -0.0299. The molecule has 1 saturated carbocycles. The highest BCUT2D eigenvalue weighted by molar-refractivity contribution is 7.88. The predicted molar refractivity (Wildman–Crippen MR) is 45.2 cm³/mol. The second-order valence-corrected chi connectivity index (χ2v) is 4.98. The fourth-order valence-electron chi connectivity index (χ4n) is 1.36. The van der Waals surface area contributed by atoms with E-state index < -0.39 is 10.0 Å². The van der Waals surface area contributed by atoms with E-state index in [-0.39, 0.29) is 11.8 Å². The van der Waals surface area contributed by atoms with Crippen LogP contribution in [0.4, 0.5) is 0 Å². The van der Waals surface area contributed by atoms with Crippen LogP contribution in [0.25, 0.3) is 0 Å². The number of ketones is 1. The quantitative estimate of drug-likeness (QED) is 0.670. The summed E-state index contributed by atoms with van der Waals surface area (Å²) >= 11 is 0. The highest BCUT2D eigenvalue weighted by atomic mass is 32.2. The highest BCUT2D eigenvalue weighted by Crippen LogP contribution is 2.14. The lowest BCUT2D eigenvalue weighted by Gasteiger charge is -2.20. The first-order valence-electron chi connectivity index (χ1n) is 3.96. The second kappa shape index (κ2) is 3.53. The van der Waals surface area contributed by atoms with Gasteiger partial charge >= 0.3 is 0 Å². The number of hydrogen-bond donors (Lipinski definition) is 1. The first kappa shape index (κ1) is 9.67. The van der Waals surface area contributed by atoms with Gasteiger partial charge in [-0.1, -0.05) is 0 Å². The number of nitrogens with one attached hydrogen (secondary N) is 1. The average Bonchev–Trinajstić information content (AvgIpc) is 1.91. The largest absolute Gasteiger partial charge is 0.300 e. The van der Waals surface area contributed by atoms with E-state index in [0.29, 0.717) is 25.7 Å². The predicted octanol–water partition coefficient (Wildman–Crippen LogP) is 0.0473. The molecule has 0 heterocycles. The third kappa shape index (κ3) is 3.32. The Morgan fingerprint density at radius 2 is 1.83 bits per heavy atom. The van der Waals surface area contributed by atoms with Crippen molar-refractivity contribution >= 4 is 15.8 Å². The van der Waals surface area contributed by atoms with Gasteiger partial charge in [0.25, 0.3) is 0 Å². The second-order valence-electron chi connectivity index (χ2n) is 3.20. The third-order valence-electron chi connectivity index (χ3n) is 1.92. The van der Waals surface area contributed by atoms with Crippen LogP contribution < -0.4 is 4.72 Å². The van der Waals surface area contributed by atoms with Gasteiger partial charge in [0.1, 0.15) is 5.78 Å². The Morgan fingerprint density at radius 1 is 1.33 bits per heavy atom. The van der Waals surface area contributed by atoms with Crippen molar-refractivity contribution in [1.29, 1.82) is 0 Å². The maximum atomic E-state index is 10.8. The molecule has 0 spiro atoms. The Morgan fingerprint density at radius 3 is 2.25 bits per heavy atom. The maximum Gasteiger partial charge on any atom is 0.208 e. The zero-order valence-corrected chi connectivity index (χ0v) is 7.86. The zero-order valence-electron chi connectivity index (χ0n) is 7.04. The minimum absolute atomic E-state index is 0.0299. The number of rotatable bonds is 2. The van der Waals surface area contributed by atoms with E-state index in [2.05, 4.69) is 4.72 Å². The van der Waals surface area contributed by atoms with Crippen LogP contribution in [-0.2, 0) is 14.8 Å². The van der Waals surface area contributed by atoms with Gasteiger partial charge in [-0.2, -0.15) is 0 Å². The molecule has 0 saturated heterocycles. The van der Waals surface area contributed by atoms with Gasteiger partial charge in [-0.25, -0.2) is 13.1 Å². The van der Waals surface area contributed by atoms with Gasteiger partial charge in [-0.15, -0.1) is 0 Å².